The first kappa shape index (κ1) is 22.9. The Labute approximate surface area is 195 Å². The summed E-state index contributed by atoms with van der Waals surface area (Å²) in [5.41, 5.74) is 3.60. The van der Waals surface area contributed by atoms with Gasteiger partial charge in [0.2, 0.25) is 5.91 Å². The Hall–Kier alpha value is -2.25. The van der Waals surface area contributed by atoms with E-state index in [1.54, 1.807) is 11.8 Å². The number of thioether (sulfide) groups is 1. The van der Waals surface area contributed by atoms with Gasteiger partial charge in [-0.1, -0.05) is 42.1 Å². The van der Waals surface area contributed by atoms with Crippen molar-refractivity contribution in [2.45, 2.75) is 63.6 Å². The third-order valence-electron chi connectivity index (χ3n) is 6.82. The fourth-order valence-corrected chi connectivity index (χ4v) is 6.16. The Kier molecular flexibility index (Phi) is 7.58. The lowest BCUT2D eigenvalue weighted by atomic mass is 9.90. The van der Waals surface area contributed by atoms with Crippen molar-refractivity contribution >= 4 is 22.7 Å². The summed E-state index contributed by atoms with van der Waals surface area (Å²) in [4.78, 5) is 16.0. The number of hydrogen-bond donors (Lipinski definition) is 4. The van der Waals surface area contributed by atoms with Crippen LogP contribution >= 0.6 is 11.8 Å². The summed E-state index contributed by atoms with van der Waals surface area (Å²) in [6.07, 6.45) is 7.73. The van der Waals surface area contributed by atoms with E-state index in [-0.39, 0.29) is 5.91 Å². The SMILES string of the molecule is CN/C(N[C@H]1CC[C@H](N(C)CC(=O)NCc2ccccc2)CC1)=C1\C(=N)SC2=C1CCC2. The third kappa shape index (κ3) is 5.38. The molecule has 3 aliphatic rings. The van der Waals surface area contributed by atoms with Crippen LogP contribution in [0.4, 0.5) is 0 Å². The van der Waals surface area contributed by atoms with E-state index in [9.17, 15) is 4.79 Å². The molecule has 0 saturated heterocycles. The number of carbonyl (C=O) groups excluding carboxylic acids is 1. The highest BCUT2D eigenvalue weighted by atomic mass is 32.2. The van der Waals surface area contributed by atoms with Gasteiger partial charge in [-0.25, -0.2) is 0 Å². The zero-order chi connectivity index (χ0) is 22.5. The van der Waals surface area contributed by atoms with Gasteiger partial charge in [-0.05, 0) is 68.0 Å². The van der Waals surface area contributed by atoms with Crippen LogP contribution in [0.15, 0.2) is 52.2 Å². The largest absolute Gasteiger partial charge is 0.374 e. The minimum atomic E-state index is 0.0803. The van der Waals surface area contributed by atoms with Gasteiger partial charge in [-0.3, -0.25) is 15.1 Å². The minimum absolute atomic E-state index is 0.0803. The van der Waals surface area contributed by atoms with E-state index in [2.05, 4.69) is 27.9 Å². The minimum Gasteiger partial charge on any atom is -0.374 e. The average Bonchev–Trinajstić information content (AvgIpc) is 3.37. The van der Waals surface area contributed by atoms with Crippen LogP contribution in [-0.4, -0.2) is 48.6 Å². The van der Waals surface area contributed by atoms with E-state index in [0.29, 0.717) is 30.2 Å². The van der Waals surface area contributed by atoms with Gasteiger partial charge in [0, 0.05) is 25.7 Å². The highest BCUT2D eigenvalue weighted by Gasteiger charge is 2.32. The van der Waals surface area contributed by atoms with Crippen LogP contribution in [0.25, 0.3) is 0 Å². The zero-order valence-electron chi connectivity index (χ0n) is 19.2. The van der Waals surface area contributed by atoms with E-state index in [0.717, 1.165) is 55.5 Å². The molecule has 32 heavy (non-hydrogen) atoms. The molecule has 0 bridgehead atoms. The summed E-state index contributed by atoms with van der Waals surface area (Å²) in [7, 11) is 4.01. The Morgan fingerprint density at radius 3 is 2.62 bits per heavy atom. The maximum Gasteiger partial charge on any atom is 0.234 e. The van der Waals surface area contributed by atoms with Gasteiger partial charge < -0.3 is 16.0 Å². The van der Waals surface area contributed by atoms with Crippen molar-refractivity contribution in [3.8, 4) is 0 Å². The van der Waals surface area contributed by atoms with Gasteiger partial charge in [-0.15, -0.1) is 0 Å². The molecule has 2 aliphatic carbocycles. The van der Waals surface area contributed by atoms with E-state index in [1.165, 1.54) is 16.9 Å². The van der Waals surface area contributed by atoms with Crippen LogP contribution in [0, 0.1) is 5.41 Å². The second-order valence-electron chi connectivity index (χ2n) is 9.01. The number of carbonyl (C=O) groups is 1. The van der Waals surface area contributed by atoms with Crippen molar-refractivity contribution in [1.29, 1.82) is 5.41 Å². The summed E-state index contributed by atoms with van der Waals surface area (Å²) < 4.78 is 0. The highest BCUT2D eigenvalue weighted by Crippen LogP contribution is 2.47. The second-order valence-corrected chi connectivity index (χ2v) is 10.1. The summed E-state index contributed by atoms with van der Waals surface area (Å²) >= 11 is 1.64. The smallest absolute Gasteiger partial charge is 0.234 e. The Bertz CT molecular complexity index is 902. The van der Waals surface area contributed by atoms with Crippen molar-refractivity contribution in [3.63, 3.8) is 0 Å². The quantitative estimate of drug-likeness (QED) is 0.482. The molecule has 0 spiro atoms. The van der Waals surface area contributed by atoms with Crippen LogP contribution in [0.2, 0.25) is 0 Å². The lowest BCUT2D eigenvalue weighted by Gasteiger charge is -2.35. The van der Waals surface area contributed by atoms with E-state index in [1.807, 2.05) is 37.4 Å². The molecule has 0 aromatic heterocycles. The number of nitrogens with zero attached hydrogens (tertiary/aromatic N) is 1. The standard InChI is InChI=1S/C25H35N5OS/c1-27-25(23-20-9-6-10-21(20)32-24(23)26)29-18-11-13-19(14-12-18)30(2)16-22(31)28-15-17-7-4-3-5-8-17/h3-5,7-8,18-19,26-27,29H,6,9-16H2,1-2H3,(H,28,31)/b25-23+,26-24?/t18-,19-. The Morgan fingerprint density at radius 1 is 1.16 bits per heavy atom. The predicted molar refractivity (Wildman–Crippen MR) is 132 cm³/mol. The first-order valence-corrected chi connectivity index (χ1v) is 12.6. The number of benzene rings is 1. The molecular formula is C25H35N5OS. The van der Waals surface area contributed by atoms with Gasteiger partial charge in [0.25, 0.3) is 0 Å². The first-order chi connectivity index (χ1) is 15.5. The van der Waals surface area contributed by atoms with Crippen LogP contribution in [-0.2, 0) is 11.3 Å². The highest BCUT2D eigenvalue weighted by molar-refractivity contribution is 8.18. The van der Waals surface area contributed by atoms with E-state index >= 15 is 0 Å². The number of allylic oxidation sites excluding steroid dienone is 2. The molecule has 1 aromatic rings. The molecule has 4 N–H and O–H groups in total. The fraction of sp³-hybridized carbons (Fsp3) is 0.520. The normalized spacial score (nSPS) is 24.5. The summed E-state index contributed by atoms with van der Waals surface area (Å²) in [6, 6.07) is 10.9. The predicted octanol–water partition coefficient (Wildman–Crippen LogP) is 3.73. The van der Waals surface area contributed by atoms with Crippen LogP contribution in [0.1, 0.15) is 50.5 Å². The molecule has 4 rings (SSSR count). The number of likely N-dealkylation sites (N-methyl/N-ethyl adjacent to an activating group) is 1. The molecule has 0 unspecified atom stereocenters. The second kappa shape index (κ2) is 10.6. The van der Waals surface area contributed by atoms with Crippen LogP contribution < -0.4 is 16.0 Å². The van der Waals surface area contributed by atoms with Crippen molar-refractivity contribution in [1.82, 2.24) is 20.9 Å². The van der Waals surface area contributed by atoms with Crippen molar-refractivity contribution in [2.24, 2.45) is 0 Å². The summed E-state index contributed by atoms with van der Waals surface area (Å²) in [5, 5.41) is 19.2. The number of hydrogen-bond acceptors (Lipinski definition) is 6. The van der Waals surface area contributed by atoms with Crippen LogP contribution in [0.5, 0.6) is 0 Å². The molecule has 1 fully saturated rings. The molecule has 0 atom stereocenters. The third-order valence-corrected chi connectivity index (χ3v) is 7.92. The molecule has 1 aliphatic heterocycles. The summed E-state index contributed by atoms with van der Waals surface area (Å²) in [6.45, 7) is 1.02. The molecule has 1 amide bonds. The number of amides is 1. The van der Waals surface area contributed by atoms with Gasteiger partial charge in [0.1, 0.15) is 10.9 Å². The number of nitrogens with one attached hydrogen (secondary N) is 4. The van der Waals surface area contributed by atoms with Gasteiger partial charge in [-0.2, -0.15) is 0 Å². The van der Waals surface area contributed by atoms with Crippen molar-refractivity contribution in [2.75, 3.05) is 20.6 Å². The van der Waals surface area contributed by atoms with Crippen molar-refractivity contribution < 1.29 is 4.79 Å². The van der Waals surface area contributed by atoms with E-state index in [4.69, 9.17) is 5.41 Å². The van der Waals surface area contributed by atoms with Gasteiger partial charge in [0.05, 0.1) is 12.1 Å². The maximum atomic E-state index is 12.4. The van der Waals surface area contributed by atoms with Crippen LogP contribution in [0.3, 0.4) is 0 Å². The number of rotatable bonds is 8. The topological polar surface area (TPSA) is 80.2 Å². The lowest BCUT2D eigenvalue weighted by molar-refractivity contribution is -0.122. The van der Waals surface area contributed by atoms with E-state index < -0.39 is 0 Å². The molecule has 7 heteroatoms. The molecular weight excluding hydrogens is 418 g/mol. The van der Waals surface area contributed by atoms with Crippen molar-refractivity contribution in [3.05, 3.63) is 57.8 Å². The fourth-order valence-electron chi connectivity index (χ4n) is 5.01. The molecule has 1 heterocycles. The average molecular weight is 454 g/mol. The molecule has 1 aromatic carbocycles. The molecule has 1 saturated carbocycles. The Morgan fingerprint density at radius 2 is 1.91 bits per heavy atom. The zero-order valence-corrected chi connectivity index (χ0v) is 20.0. The summed E-state index contributed by atoms with van der Waals surface area (Å²) in [5.74, 6) is 1.10. The monoisotopic (exact) mass is 453 g/mol. The lowest BCUT2D eigenvalue weighted by Crippen LogP contribution is -2.45. The molecule has 172 valence electrons. The van der Waals surface area contributed by atoms with Gasteiger partial charge in [0.15, 0.2) is 0 Å². The molecule has 0 radical (unpaired) electrons. The molecule has 6 nitrogen and oxygen atoms in total. The maximum absolute atomic E-state index is 12.4. The Balaban J connectivity index is 1.25. The van der Waals surface area contributed by atoms with Gasteiger partial charge >= 0.3 is 0 Å². The first-order valence-electron chi connectivity index (χ1n) is 11.7.